The number of anilines is 1. The molecule has 0 bridgehead atoms. The molecule has 2 rings (SSSR count). The van der Waals surface area contributed by atoms with Crippen molar-refractivity contribution in [2.24, 2.45) is 0 Å². The van der Waals surface area contributed by atoms with Gasteiger partial charge in [0.15, 0.2) is 0 Å². The van der Waals surface area contributed by atoms with Crippen molar-refractivity contribution in [2.75, 3.05) is 19.0 Å². The molecular formula is C15H18N2O. The summed E-state index contributed by atoms with van der Waals surface area (Å²) in [5.74, 6) is 0.869. The molecule has 0 saturated heterocycles. The minimum atomic E-state index is 0.239. The van der Waals surface area contributed by atoms with E-state index in [0.29, 0.717) is 0 Å². The summed E-state index contributed by atoms with van der Waals surface area (Å²) in [5, 5.41) is 11.9. The average Bonchev–Trinajstić information content (AvgIpc) is 2.45. The van der Waals surface area contributed by atoms with Gasteiger partial charge in [0.25, 0.3) is 0 Å². The lowest BCUT2D eigenvalue weighted by atomic mass is 10.0. The summed E-state index contributed by atoms with van der Waals surface area (Å²) in [4.78, 5) is 4.21. The summed E-state index contributed by atoms with van der Waals surface area (Å²) < 4.78 is 0. The van der Waals surface area contributed by atoms with Crippen LogP contribution in [0.15, 0.2) is 42.6 Å². The van der Waals surface area contributed by atoms with Crippen LogP contribution in [0.1, 0.15) is 12.0 Å². The highest BCUT2D eigenvalue weighted by Gasteiger charge is 2.01. The quantitative estimate of drug-likeness (QED) is 0.847. The van der Waals surface area contributed by atoms with Crippen LogP contribution in [0.3, 0.4) is 0 Å². The number of benzene rings is 1. The minimum Gasteiger partial charge on any atom is -0.396 e. The summed E-state index contributed by atoms with van der Waals surface area (Å²) in [5.41, 5.74) is 3.59. The number of aliphatic hydroxyl groups excluding tert-OH is 1. The van der Waals surface area contributed by atoms with Crippen LogP contribution in [0.2, 0.25) is 0 Å². The zero-order valence-corrected chi connectivity index (χ0v) is 10.6. The third-order valence-corrected chi connectivity index (χ3v) is 2.90. The van der Waals surface area contributed by atoms with Crippen LogP contribution in [0, 0.1) is 0 Å². The molecule has 18 heavy (non-hydrogen) atoms. The van der Waals surface area contributed by atoms with Gasteiger partial charge in [-0.25, -0.2) is 4.98 Å². The van der Waals surface area contributed by atoms with Crippen molar-refractivity contribution in [3.63, 3.8) is 0 Å². The summed E-state index contributed by atoms with van der Waals surface area (Å²) in [6.45, 7) is 0.239. The number of rotatable bonds is 5. The Morgan fingerprint density at radius 2 is 2.00 bits per heavy atom. The van der Waals surface area contributed by atoms with E-state index in [0.717, 1.165) is 24.2 Å². The number of nitrogens with one attached hydrogen (secondary N) is 1. The molecule has 0 amide bonds. The molecule has 1 heterocycles. The maximum atomic E-state index is 8.87. The van der Waals surface area contributed by atoms with Crippen LogP contribution >= 0.6 is 0 Å². The highest BCUT2D eigenvalue weighted by molar-refractivity contribution is 5.66. The minimum absolute atomic E-state index is 0.239. The molecule has 0 radical (unpaired) electrons. The van der Waals surface area contributed by atoms with Gasteiger partial charge in [-0.05, 0) is 41.7 Å². The van der Waals surface area contributed by atoms with E-state index in [-0.39, 0.29) is 6.61 Å². The topological polar surface area (TPSA) is 45.1 Å². The Hall–Kier alpha value is -1.87. The molecule has 0 saturated carbocycles. The number of aryl methyl sites for hydroxylation is 1. The molecule has 2 N–H and O–H groups in total. The third kappa shape index (κ3) is 3.08. The Morgan fingerprint density at radius 3 is 2.78 bits per heavy atom. The largest absolute Gasteiger partial charge is 0.396 e. The second kappa shape index (κ2) is 6.17. The van der Waals surface area contributed by atoms with Gasteiger partial charge in [0.1, 0.15) is 5.82 Å². The van der Waals surface area contributed by atoms with Crippen LogP contribution in [0.5, 0.6) is 0 Å². The molecule has 2 aromatic rings. The highest BCUT2D eigenvalue weighted by Crippen LogP contribution is 2.22. The lowest BCUT2D eigenvalue weighted by Gasteiger charge is -2.06. The van der Waals surface area contributed by atoms with Crippen LogP contribution < -0.4 is 5.32 Å². The average molecular weight is 242 g/mol. The molecule has 1 aromatic heterocycles. The smallest absolute Gasteiger partial charge is 0.126 e. The van der Waals surface area contributed by atoms with Gasteiger partial charge in [-0.3, -0.25) is 0 Å². The number of aliphatic hydroxyl groups is 1. The Morgan fingerprint density at radius 1 is 1.17 bits per heavy atom. The molecule has 0 aliphatic rings. The number of hydrogen-bond acceptors (Lipinski definition) is 3. The fourth-order valence-electron chi connectivity index (χ4n) is 1.94. The molecule has 0 unspecified atom stereocenters. The van der Waals surface area contributed by atoms with E-state index >= 15 is 0 Å². The third-order valence-electron chi connectivity index (χ3n) is 2.90. The first-order valence-electron chi connectivity index (χ1n) is 6.17. The number of pyridine rings is 1. The summed E-state index contributed by atoms with van der Waals surface area (Å²) in [6, 6.07) is 12.5. The van der Waals surface area contributed by atoms with E-state index in [2.05, 4.69) is 34.6 Å². The summed E-state index contributed by atoms with van der Waals surface area (Å²) in [7, 11) is 1.86. The van der Waals surface area contributed by atoms with Crippen LogP contribution in [-0.2, 0) is 6.42 Å². The standard InChI is InChI=1S/C15H18N2O/c1-16-15-11-14(7-8-17-15)13-6-2-4-12(10-13)5-3-9-18/h2,4,6-8,10-11,18H,3,5,9H2,1H3,(H,16,17). The molecular weight excluding hydrogens is 224 g/mol. The zero-order chi connectivity index (χ0) is 12.8. The second-order valence-electron chi connectivity index (χ2n) is 4.21. The molecule has 0 aliphatic heterocycles. The van der Waals surface area contributed by atoms with Gasteiger partial charge in [0.2, 0.25) is 0 Å². The van der Waals surface area contributed by atoms with Crippen molar-refractivity contribution in [3.05, 3.63) is 48.2 Å². The Labute approximate surface area is 108 Å². The van der Waals surface area contributed by atoms with Crippen LogP contribution in [0.25, 0.3) is 11.1 Å². The fourth-order valence-corrected chi connectivity index (χ4v) is 1.94. The normalized spacial score (nSPS) is 10.3. The first-order chi connectivity index (χ1) is 8.83. The lowest BCUT2D eigenvalue weighted by molar-refractivity contribution is 0.288. The van der Waals surface area contributed by atoms with Crippen molar-refractivity contribution >= 4 is 5.82 Å². The van der Waals surface area contributed by atoms with E-state index < -0.39 is 0 Å². The van der Waals surface area contributed by atoms with E-state index in [4.69, 9.17) is 5.11 Å². The van der Waals surface area contributed by atoms with E-state index in [1.54, 1.807) is 0 Å². The highest BCUT2D eigenvalue weighted by atomic mass is 16.2. The number of hydrogen-bond donors (Lipinski definition) is 2. The van der Waals surface area contributed by atoms with E-state index in [1.807, 2.05) is 25.4 Å². The monoisotopic (exact) mass is 242 g/mol. The van der Waals surface area contributed by atoms with Gasteiger partial charge in [0.05, 0.1) is 0 Å². The van der Waals surface area contributed by atoms with Crippen molar-refractivity contribution in [1.82, 2.24) is 4.98 Å². The molecule has 0 spiro atoms. The first-order valence-corrected chi connectivity index (χ1v) is 6.17. The Balaban J connectivity index is 2.26. The molecule has 0 atom stereocenters. The maximum absolute atomic E-state index is 8.87. The molecule has 3 heteroatoms. The summed E-state index contributed by atoms with van der Waals surface area (Å²) in [6.07, 6.45) is 3.53. The summed E-state index contributed by atoms with van der Waals surface area (Å²) >= 11 is 0. The fraction of sp³-hybridized carbons (Fsp3) is 0.267. The molecule has 94 valence electrons. The Bertz CT molecular complexity index is 511. The van der Waals surface area contributed by atoms with Crippen LogP contribution in [0.4, 0.5) is 5.82 Å². The van der Waals surface area contributed by atoms with Gasteiger partial charge in [-0.15, -0.1) is 0 Å². The maximum Gasteiger partial charge on any atom is 0.126 e. The molecule has 0 aliphatic carbocycles. The second-order valence-corrected chi connectivity index (χ2v) is 4.21. The lowest BCUT2D eigenvalue weighted by Crippen LogP contribution is -1.93. The van der Waals surface area contributed by atoms with Gasteiger partial charge in [0, 0.05) is 19.9 Å². The van der Waals surface area contributed by atoms with Crippen molar-refractivity contribution in [3.8, 4) is 11.1 Å². The predicted molar refractivity (Wildman–Crippen MR) is 74.6 cm³/mol. The van der Waals surface area contributed by atoms with Gasteiger partial charge in [-0.1, -0.05) is 24.3 Å². The zero-order valence-electron chi connectivity index (χ0n) is 10.6. The van der Waals surface area contributed by atoms with Crippen molar-refractivity contribution in [1.29, 1.82) is 0 Å². The molecule has 1 aromatic carbocycles. The molecule has 3 nitrogen and oxygen atoms in total. The van der Waals surface area contributed by atoms with E-state index in [9.17, 15) is 0 Å². The van der Waals surface area contributed by atoms with E-state index in [1.165, 1.54) is 11.1 Å². The SMILES string of the molecule is CNc1cc(-c2cccc(CCCO)c2)ccn1. The van der Waals surface area contributed by atoms with Crippen molar-refractivity contribution in [2.45, 2.75) is 12.8 Å². The molecule has 0 fully saturated rings. The number of nitrogens with zero attached hydrogens (tertiary/aromatic N) is 1. The first kappa shape index (κ1) is 12.6. The Kier molecular flexibility index (Phi) is 4.31. The predicted octanol–water partition coefficient (Wildman–Crippen LogP) is 2.72. The van der Waals surface area contributed by atoms with Gasteiger partial charge < -0.3 is 10.4 Å². The van der Waals surface area contributed by atoms with Crippen LogP contribution in [-0.4, -0.2) is 23.7 Å². The van der Waals surface area contributed by atoms with Crippen molar-refractivity contribution < 1.29 is 5.11 Å². The van der Waals surface area contributed by atoms with Gasteiger partial charge in [-0.2, -0.15) is 0 Å². The van der Waals surface area contributed by atoms with Gasteiger partial charge >= 0.3 is 0 Å². The number of aromatic nitrogens is 1.